The van der Waals surface area contributed by atoms with Gasteiger partial charge in [0, 0.05) is 10.6 Å². The molecule has 0 N–H and O–H groups in total. The quantitative estimate of drug-likeness (QED) is 0.681. The summed E-state index contributed by atoms with van der Waals surface area (Å²) in [4.78, 5) is 0. The lowest BCUT2D eigenvalue weighted by molar-refractivity contribution is 0.120. The second kappa shape index (κ2) is 6.54. The molecule has 19 heavy (non-hydrogen) atoms. The maximum Gasteiger partial charge on any atom is 0.184 e. The van der Waals surface area contributed by atoms with Crippen LogP contribution in [0.2, 0.25) is 44.3 Å². The van der Waals surface area contributed by atoms with Gasteiger partial charge in [-0.15, -0.1) is 0 Å². The Balaban J connectivity index is 2.90. The van der Waals surface area contributed by atoms with Crippen LogP contribution in [0.25, 0.3) is 0 Å². The van der Waals surface area contributed by atoms with Gasteiger partial charge in [0.1, 0.15) is 0 Å². The number of hydrogen-bond donors (Lipinski definition) is 0. The molecule has 0 radical (unpaired) electrons. The second-order valence-corrected chi connectivity index (χ2v) is 16.0. The van der Waals surface area contributed by atoms with E-state index in [2.05, 4.69) is 39.3 Å². The zero-order valence-electron chi connectivity index (χ0n) is 12.8. The maximum absolute atomic E-state index is 6.29. The standard InChI is InChI=1S/C14H25ClO2Si2/c1-18(2,3)16-11-14(17-19(4,5)6)12-9-7-8-10-13(12)15/h7-10,14H,11H2,1-6H3/t14-/m1/s1. The highest BCUT2D eigenvalue weighted by Gasteiger charge is 2.26. The van der Waals surface area contributed by atoms with Crippen molar-refractivity contribution in [2.24, 2.45) is 0 Å². The Hall–Kier alpha value is -0.136. The van der Waals surface area contributed by atoms with Gasteiger partial charge in [-0.2, -0.15) is 0 Å². The summed E-state index contributed by atoms with van der Waals surface area (Å²) in [5.74, 6) is 0. The van der Waals surface area contributed by atoms with Crippen molar-refractivity contribution in [1.29, 1.82) is 0 Å². The average molecular weight is 317 g/mol. The predicted octanol–water partition coefficient (Wildman–Crippen LogP) is 5.08. The van der Waals surface area contributed by atoms with E-state index >= 15 is 0 Å². The summed E-state index contributed by atoms with van der Waals surface area (Å²) < 4.78 is 12.3. The van der Waals surface area contributed by atoms with E-state index in [9.17, 15) is 0 Å². The van der Waals surface area contributed by atoms with Crippen LogP contribution in [0.5, 0.6) is 0 Å². The molecule has 1 aromatic carbocycles. The smallest absolute Gasteiger partial charge is 0.184 e. The SMILES string of the molecule is C[Si](C)(C)OC[C@@H](O[Si](C)(C)C)c1ccccc1Cl. The van der Waals surface area contributed by atoms with E-state index in [-0.39, 0.29) is 6.10 Å². The Morgan fingerprint density at radius 3 is 2.05 bits per heavy atom. The number of hydrogen-bond acceptors (Lipinski definition) is 2. The minimum atomic E-state index is -1.65. The fourth-order valence-corrected chi connectivity index (χ4v) is 3.63. The molecule has 0 unspecified atom stereocenters. The summed E-state index contributed by atoms with van der Waals surface area (Å²) >= 11 is 6.29. The van der Waals surface area contributed by atoms with Gasteiger partial charge in [0.2, 0.25) is 0 Å². The van der Waals surface area contributed by atoms with Crippen LogP contribution in [-0.4, -0.2) is 23.2 Å². The van der Waals surface area contributed by atoms with Gasteiger partial charge in [-0.3, -0.25) is 0 Å². The van der Waals surface area contributed by atoms with E-state index in [0.29, 0.717) is 6.61 Å². The van der Waals surface area contributed by atoms with Crippen molar-refractivity contribution < 1.29 is 8.85 Å². The zero-order chi connectivity index (χ0) is 14.7. The topological polar surface area (TPSA) is 18.5 Å². The molecule has 0 bridgehead atoms. The first-order valence-electron chi connectivity index (χ1n) is 6.65. The van der Waals surface area contributed by atoms with Crippen molar-refractivity contribution in [1.82, 2.24) is 0 Å². The van der Waals surface area contributed by atoms with Gasteiger partial charge in [0.25, 0.3) is 0 Å². The van der Waals surface area contributed by atoms with Crippen molar-refractivity contribution in [2.75, 3.05) is 6.61 Å². The Labute approximate surface area is 124 Å². The molecule has 0 fully saturated rings. The Morgan fingerprint density at radius 2 is 1.58 bits per heavy atom. The van der Waals surface area contributed by atoms with Crippen LogP contribution in [0.4, 0.5) is 0 Å². The predicted molar refractivity (Wildman–Crippen MR) is 87.9 cm³/mol. The van der Waals surface area contributed by atoms with E-state index in [1.54, 1.807) is 0 Å². The molecule has 0 aromatic heterocycles. The Morgan fingerprint density at radius 1 is 1.00 bits per heavy atom. The Kier molecular flexibility index (Phi) is 5.83. The monoisotopic (exact) mass is 316 g/mol. The molecule has 108 valence electrons. The molecule has 2 nitrogen and oxygen atoms in total. The molecule has 1 rings (SSSR count). The van der Waals surface area contributed by atoms with Gasteiger partial charge in [-0.05, 0) is 45.3 Å². The Bertz CT molecular complexity index is 411. The molecule has 0 aliphatic rings. The molecular weight excluding hydrogens is 292 g/mol. The normalized spacial score (nSPS) is 14.5. The van der Waals surface area contributed by atoms with Gasteiger partial charge in [0.15, 0.2) is 16.6 Å². The van der Waals surface area contributed by atoms with Crippen LogP contribution in [0, 0.1) is 0 Å². The summed E-state index contributed by atoms with van der Waals surface area (Å²) in [6, 6.07) is 7.87. The molecular formula is C14H25ClO2Si2. The third kappa shape index (κ3) is 6.72. The van der Waals surface area contributed by atoms with Crippen molar-refractivity contribution in [3.8, 4) is 0 Å². The van der Waals surface area contributed by atoms with Gasteiger partial charge < -0.3 is 8.85 Å². The fourth-order valence-electron chi connectivity index (χ4n) is 1.68. The first-order chi connectivity index (χ1) is 8.58. The summed E-state index contributed by atoms with van der Waals surface area (Å²) in [6.07, 6.45) is -0.0629. The lowest BCUT2D eigenvalue weighted by Gasteiger charge is -2.29. The number of rotatable bonds is 6. The highest BCUT2D eigenvalue weighted by atomic mass is 35.5. The number of benzene rings is 1. The van der Waals surface area contributed by atoms with E-state index in [1.165, 1.54) is 0 Å². The molecule has 5 heteroatoms. The van der Waals surface area contributed by atoms with E-state index in [0.717, 1.165) is 10.6 Å². The summed E-state index contributed by atoms with van der Waals surface area (Å²) in [5, 5.41) is 0.755. The molecule has 0 heterocycles. The molecule has 0 saturated carbocycles. The van der Waals surface area contributed by atoms with E-state index < -0.39 is 16.6 Å². The van der Waals surface area contributed by atoms with Crippen molar-refractivity contribution in [2.45, 2.75) is 45.4 Å². The number of halogens is 1. The minimum Gasteiger partial charge on any atom is -0.415 e. The first kappa shape index (κ1) is 16.9. The van der Waals surface area contributed by atoms with E-state index in [1.807, 2.05) is 24.3 Å². The van der Waals surface area contributed by atoms with Crippen LogP contribution in [-0.2, 0) is 8.85 Å². The van der Waals surface area contributed by atoms with Gasteiger partial charge in [-0.25, -0.2) is 0 Å². The minimum absolute atomic E-state index is 0.0629. The molecule has 1 atom stereocenters. The first-order valence-corrected chi connectivity index (χ1v) is 13.8. The fraction of sp³-hybridized carbons (Fsp3) is 0.571. The molecule has 1 aromatic rings. The van der Waals surface area contributed by atoms with Gasteiger partial charge in [-0.1, -0.05) is 29.8 Å². The van der Waals surface area contributed by atoms with Crippen molar-refractivity contribution >= 4 is 28.2 Å². The van der Waals surface area contributed by atoms with Crippen molar-refractivity contribution in [3.63, 3.8) is 0 Å². The zero-order valence-corrected chi connectivity index (χ0v) is 15.5. The van der Waals surface area contributed by atoms with Crippen LogP contribution in [0.1, 0.15) is 11.7 Å². The van der Waals surface area contributed by atoms with Crippen LogP contribution in [0.3, 0.4) is 0 Å². The van der Waals surface area contributed by atoms with Crippen LogP contribution < -0.4 is 0 Å². The lowest BCUT2D eigenvalue weighted by atomic mass is 10.1. The van der Waals surface area contributed by atoms with Gasteiger partial charge in [0.05, 0.1) is 12.7 Å². The van der Waals surface area contributed by atoms with Crippen molar-refractivity contribution in [3.05, 3.63) is 34.9 Å². The van der Waals surface area contributed by atoms with E-state index in [4.69, 9.17) is 20.5 Å². The highest BCUT2D eigenvalue weighted by molar-refractivity contribution is 6.70. The molecule has 0 amide bonds. The third-order valence-corrected chi connectivity index (χ3v) is 4.78. The van der Waals surface area contributed by atoms with Crippen LogP contribution >= 0.6 is 11.6 Å². The summed E-state index contributed by atoms with van der Waals surface area (Å²) in [5.41, 5.74) is 1.03. The largest absolute Gasteiger partial charge is 0.415 e. The second-order valence-electron chi connectivity index (χ2n) is 6.66. The summed E-state index contributed by atoms with van der Waals surface area (Å²) in [7, 11) is -3.20. The molecule has 0 aliphatic carbocycles. The molecule has 0 spiro atoms. The highest BCUT2D eigenvalue weighted by Crippen LogP contribution is 2.29. The average Bonchev–Trinajstić information content (AvgIpc) is 2.22. The lowest BCUT2D eigenvalue weighted by Crippen LogP contribution is -2.34. The maximum atomic E-state index is 6.29. The van der Waals surface area contributed by atoms with Crippen LogP contribution in [0.15, 0.2) is 24.3 Å². The molecule has 0 saturated heterocycles. The van der Waals surface area contributed by atoms with Gasteiger partial charge >= 0.3 is 0 Å². The summed E-state index contributed by atoms with van der Waals surface area (Å²) in [6.45, 7) is 13.7. The molecule has 0 aliphatic heterocycles. The third-order valence-electron chi connectivity index (χ3n) is 2.42.